The van der Waals surface area contributed by atoms with Gasteiger partial charge in [-0.1, -0.05) is 39.8 Å². The largest absolute Gasteiger partial charge is 0.0988 e. The van der Waals surface area contributed by atoms with E-state index in [9.17, 15) is 0 Å². The minimum atomic E-state index is 0.392. The van der Waals surface area contributed by atoms with Gasteiger partial charge in [0.1, 0.15) is 0 Å². The van der Waals surface area contributed by atoms with Crippen LogP contribution in [-0.4, -0.2) is 0 Å². The molecule has 0 bridgehead atoms. The molecule has 0 nitrogen and oxygen atoms in total. The number of allylic oxidation sites excluding steroid dienone is 1. The molecule has 0 radical (unpaired) electrons. The Balaban J connectivity index is 2.88. The highest BCUT2D eigenvalue weighted by atomic mass is 14.4. The molecule has 0 atom stereocenters. The molecule has 0 spiro atoms. The molecule has 0 aromatic carbocycles. The van der Waals surface area contributed by atoms with Gasteiger partial charge in [0.05, 0.1) is 0 Å². The van der Waals surface area contributed by atoms with Gasteiger partial charge in [-0.25, -0.2) is 0 Å². The first-order valence-electron chi connectivity index (χ1n) is 4.06. The molecule has 1 aliphatic rings. The summed E-state index contributed by atoms with van der Waals surface area (Å²) in [7, 11) is 0. The van der Waals surface area contributed by atoms with Crippen molar-refractivity contribution >= 4 is 0 Å². The van der Waals surface area contributed by atoms with Crippen LogP contribution in [0.25, 0.3) is 0 Å². The van der Waals surface area contributed by atoms with Crippen LogP contribution < -0.4 is 0 Å². The van der Waals surface area contributed by atoms with E-state index in [0.29, 0.717) is 10.8 Å². The monoisotopic (exact) mass is 138 g/mol. The summed E-state index contributed by atoms with van der Waals surface area (Å²) in [6.45, 7) is 13.3. The molecule has 1 aliphatic carbocycles. The fourth-order valence-corrected chi connectivity index (χ4v) is 1.84. The molecule has 0 saturated heterocycles. The van der Waals surface area contributed by atoms with Crippen LogP contribution in [0, 0.1) is 10.8 Å². The van der Waals surface area contributed by atoms with E-state index in [1.165, 1.54) is 18.4 Å². The predicted molar refractivity (Wildman–Crippen MR) is 45.9 cm³/mol. The van der Waals surface area contributed by atoms with E-state index in [2.05, 4.69) is 34.3 Å². The molecule has 58 valence electrons. The van der Waals surface area contributed by atoms with Crippen LogP contribution in [0.1, 0.15) is 40.5 Å². The smallest absolute Gasteiger partial charge is 0.0142 e. The lowest BCUT2D eigenvalue weighted by Crippen LogP contribution is -2.14. The Labute approximate surface area is 64.3 Å². The first-order chi connectivity index (χ1) is 4.36. The summed E-state index contributed by atoms with van der Waals surface area (Å²) in [5.41, 5.74) is 2.22. The van der Waals surface area contributed by atoms with Crippen LogP contribution in [0.4, 0.5) is 0 Å². The van der Waals surface area contributed by atoms with Crippen LogP contribution in [-0.2, 0) is 0 Å². The van der Waals surface area contributed by atoms with Crippen LogP contribution >= 0.6 is 0 Å². The van der Waals surface area contributed by atoms with E-state index in [-0.39, 0.29) is 0 Å². The third-order valence-electron chi connectivity index (χ3n) is 3.01. The highest BCUT2D eigenvalue weighted by Gasteiger charge is 2.39. The summed E-state index contributed by atoms with van der Waals surface area (Å²) >= 11 is 0. The maximum Gasteiger partial charge on any atom is -0.0142 e. The lowest BCUT2D eigenvalue weighted by Gasteiger charge is -2.25. The second kappa shape index (κ2) is 1.87. The van der Waals surface area contributed by atoms with Gasteiger partial charge in [-0.2, -0.15) is 0 Å². The van der Waals surface area contributed by atoms with E-state index in [1.54, 1.807) is 0 Å². The van der Waals surface area contributed by atoms with E-state index >= 15 is 0 Å². The number of hydrogen-bond donors (Lipinski definition) is 0. The molecule has 1 fully saturated rings. The van der Waals surface area contributed by atoms with Crippen molar-refractivity contribution in [3.05, 3.63) is 12.2 Å². The van der Waals surface area contributed by atoms with E-state index in [0.717, 1.165) is 0 Å². The maximum absolute atomic E-state index is 4.16. The summed E-state index contributed by atoms with van der Waals surface area (Å²) in [4.78, 5) is 0. The molecule has 0 aliphatic heterocycles. The molecule has 0 amide bonds. The molecule has 0 unspecified atom stereocenters. The molecule has 0 N–H and O–H groups in total. The number of hydrogen-bond acceptors (Lipinski definition) is 0. The van der Waals surface area contributed by atoms with Gasteiger partial charge in [0.2, 0.25) is 0 Å². The Morgan fingerprint density at radius 1 is 1.00 bits per heavy atom. The molecular formula is C10H18. The molecule has 1 saturated carbocycles. The quantitative estimate of drug-likeness (QED) is 0.450. The standard InChI is InChI=1S/C10H18/c1-8-9(2,3)6-7-10(8,4)5/h1,6-7H2,2-5H3. The van der Waals surface area contributed by atoms with Gasteiger partial charge in [0.25, 0.3) is 0 Å². The lowest BCUT2D eigenvalue weighted by molar-refractivity contribution is 0.447. The van der Waals surface area contributed by atoms with Crippen LogP contribution in [0.2, 0.25) is 0 Å². The highest BCUT2D eigenvalue weighted by molar-refractivity contribution is 5.21. The van der Waals surface area contributed by atoms with Gasteiger partial charge < -0.3 is 0 Å². The summed E-state index contributed by atoms with van der Waals surface area (Å²) in [5.74, 6) is 0. The van der Waals surface area contributed by atoms with Crippen molar-refractivity contribution in [2.75, 3.05) is 0 Å². The van der Waals surface area contributed by atoms with Gasteiger partial charge in [0.15, 0.2) is 0 Å². The molecule has 1 rings (SSSR count). The maximum atomic E-state index is 4.16. The van der Waals surface area contributed by atoms with Crippen molar-refractivity contribution in [3.63, 3.8) is 0 Å². The van der Waals surface area contributed by atoms with E-state index in [1.807, 2.05) is 0 Å². The summed E-state index contributed by atoms with van der Waals surface area (Å²) in [5, 5.41) is 0. The molecule has 0 heteroatoms. The Hall–Kier alpha value is -0.260. The predicted octanol–water partition coefficient (Wildman–Crippen LogP) is 3.39. The van der Waals surface area contributed by atoms with Gasteiger partial charge in [-0.15, -0.1) is 0 Å². The zero-order valence-corrected chi connectivity index (χ0v) is 7.62. The van der Waals surface area contributed by atoms with Gasteiger partial charge in [-0.3, -0.25) is 0 Å². The van der Waals surface area contributed by atoms with Crippen molar-refractivity contribution in [3.8, 4) is 0 Å². The Morgan fingerprint density at radius 2 is 1.30 bits per heavy atom. The van der Waals surface area contributed by atoms with Gasteiger partial charge in [0, 0.05) is 0 Å². The first kappa shape index (κ1) is 7.84. The average Bonchev–Trinajstić information content (AvgIpc) is 1.95. The molecule has 0 heterocycles. The van der Waals surface area contributed by atoms with Crippen LogP contribution in [0.3, 0.4) is 0 Å². The summed E-state index contributed by atoms with van der Waals surface area (Å²) in [6, 6.07) is 0. The van der Waals surface area contributed by atoms with Crippen LogP contribution in [0.15, 0.2) is 12.2 Å². The van der Waals surface area contributed by atoms with Crippen molar-refractivity contribution in [1.82, 2.24) is 0 Å². The SMILES string of the molecule is C=C1C(C)(C)CCC1(C)C. The summed E-state index contributed by atoms with van der Waals surface area (Å²) in [6.07, 6.45) is 2.61. The van der Waals surface area contributed by atoms with Crippen molar-refractivity contribution in [2.45, 2.75) is 40.5 Å². The highest BCUT2D eigenvalue weighted by Crippen LogP contribution is 2.52. The van der Waals surface area contributed by atoms with Gasteiger partial charge >= 0.3 is 0 Å². The van der Waals surface area contributed by atoms with Crippen molar-refractivity contribution in [1.29, 1.82) is 0 Å². The fourth-order valence-electron chi connectivity index (χ4n) is 1.84. The Morgan fingerprint density at radius 3 is 1.40 bits per heavy atom. The summed E-state index contributed by atoms with van der Waals surface area (Å²) < 4.78 is 0. The zero-order valence-electron chi connectivity index (χ0n) is 7.62. The van der Waals surface area contributed by atoms with Crippen molar-refractivity contribution in [2.24, 2.45) is 10.8 Å². The zero-order chi connectivity index (χ0) is 7.99. The first-order valence-corrected chi connectivity index (χ1v) is 4.06. The van der Waals surface area contributed by atoms with E-state index in [4.69, 9.17) is 0 Å². The topological polar surface area (TPSA) is 0 Å². The molecular weight excluding hydrogens is 120 g/mol. The third kappa shape index (κ3) is 1.00. The van der Waals surface area contributed by atoms with Gasteiger partial charge in [-0.05, 0) is 23.7 Å². The van der Waals surface area contributed by atoms with Crippen molar-refractivity contribution < 1.29 is 0 Å². The average molecular weight is 138 g/mol. The molecule has 0 aromatic heterocycles. The number of rotatable bonds is 0. The third-order valence-corrected chi connectivity index (χ3v) is 3.01. The second-order valence-electron chi connectivity index (χ2n) is 4.75. The van der Waals surface area contributed by atoms with Crippen LogP contribution in [0.5, 0.6) is 0 Å². The Kier molecular flexibility index (Phi) is 1.47. The molecule has 10 heavy (non-hydrogen) atoms. The minimum Gasteiger partial charge on any atom is -0.0988 e. The normalized spacial score (nSPS) is 29.0. The molecule has 0 aromatic rings. The second-order valence-corrected chi connectivity index (χ2v) is 4.75. The fraction of sp³-hybridized carbons (Fsp3) is 0.800. The Bertz CT molecular complexity index is 143. The minimum absolute atomic E-state index is 0.392. The lowest BCUT2D eigenvalue weighted by atomic mass is 9.80. The van der Waals surface area contributed by atoms with E-state index < -0.39 is 0 Å².